The van der Waals surface area contributed by atoms with E-state index in [1.165, 1.54) is 10.9 Å². The van der Waals surface area contributed by atoms with Gasteiger partial charge in [-0.05, 0) is 11.6 Å². The van der Waals surface area contributed by atoms with Crippen LogP contribution in [-0.2, 0) is 0 Å². The van der Waals surface area contributed by atoms with Gasteiger partial charge in [0, 0.05) is 17.8 Å². The summed E-state index contributed by atoms with van der Waals surface area (Å²) in [6.07, 6.45) is 5.70. The molecule has 0 aliphatic rings. The highest BCUT2D eigenvalue weighted by Crippen LogP contribution is 2.21. The zero-order chi connectivity index (χ0) is 9.26. The van der Waals surface area contributed by atoms with Crippen molar-refractivity contribution in [2.45, 2.75) is 0 Å². The Morgan fingerprint density at radius 1 is 1.15 bits per heavy atom. The molecule has 1 nitrogen and oxygen atoms in total. The zero-order valence-corrected chi connectivity index (χ0v) is 7.40. The average molecular weight is 169 g/mol. The molecule has 13 heavy (non-hydrogen) atoms. The molecule has 1 aromatic heterocycles. The highest BCUT2D eigenvalue weighted by atomic mass is 14.9. The van der Waals surface area contributed by atoms with E-state index in [-0.39, 0.29) is 0 Å². The molecule has 0 fully saturated rings. The van der Waals surface area contributed by atoms with Crippen molar-refractivity contribution in [1.29, 1.82) is 0 Å². The van der Waals surface area contributed by atoms with E-state index in [2.05, 4.69) is 25.3 Å². The molecular weight excluding hydrogens is 158 g/mol. The van der Waals surface area contributed by atoms with E-state index in [9.17, 15) is 0 Å². The van der Waals surface area contributed by atoms with E-state index in [0.717, 1.165) is 5.56 Å². The monoisotopic (exact) mass is 169 g/mol. The third-order valence-electron chi connectivity index (χ3n) is 2.19. The lowest BCUT2D eigenvalue weighted by molar-refractivity contribution is 1.23. The van der Waals surface area contributed by atoms with Gasteiger partial charge < -0.3 is 4.57 Å². The first kappa shape index (κ1) is 7.87. The molecular formula is C12H11N. The molecule has 0 N–H and O–H groups in total. The van der Waals surface area contributed by atoms with E-state index in [1.54, 1.807) is 6.20 Å². The summed E-state index contributed by atoms with van der Waals surface area (Å²) in [6.45, 7) is 7.54. The van der Waals surface area contributed by atoms with E-state index in [1.807, 2.05) is 29.0 Å². The Hall–Kier alpha value is -1.76. The van der Waals surface area contributed by atoms with Crippen LogP contribution in [0.4, 0.5) is 0 Å². The minimum absolute atomic E-state index is 1.15. The number of aromatic nitrogens is 1. The zero-order valence-electron chi connectivity index (χ0n) is 7.40. The van der Waals surface area contributed by atoms with Crippen molar-refractivity contribution in [2.75, 3.05) is 0 Å². The molecule has 0 aliphatic heterocycles. The number of hydrogen-bond donors (Lipinski definition) is 0. The van der Waals surface area contributed by atoms with Crippen molar-refractivity contribution in [1.82, 2.24) is 4.57 Å². The van der Waals surface area contributed by atoms with Gasteiger partial charge in [-0.25, -0.2) is 0 Å². The first-order chi connectivity index (χ1) is 6.36. The van der Waals surface area contributed by atoms with Gasteiger partial charge in [-0.2, -0.15) is 0 Å². The summed E-state index contributed by atoms with van der Waals surface area (Å²) in [4.78, 5) is 0. The van der Waals surface area contributed by atoms with Gasteiger partial charge in [0.05, 0.1) is 5.52 Å². The number of hydrogen-bond acceptors (Lipinski definition) is 0. The first-order valence-corrected chi connectivity index (χ1v) is 4.21. The fourth-order valence-electron chi connectivity index (χ4n) is 1.55. The topological polar surface area (TPSA) is 4.93 Å². The molecule has 64 valence electrons. The summed E-state index contributed by atoms with van der Waals surface area (Å²) >= 11 is 0. The Morgan fingerprint density at radius 2 is 1.92 bits per heavy atom. The molecule has 0 atom stereocenters. The lowest BCUT2D eigenvalue weighted by Crippen LogP contribution is -1.79. The van der Waals surface area contributed by atoms with Crippen molar-refractivity contribution in [2.24, 2.45) is 0 Å². The largest absolute Gasteiger partial charge is 0.323 e. The molecule has 1 aromatic carbocycles. The van der Waals surface area contributed by atoms with Gasteiger partial charge in [0.1, 0.15) is 0 Å². The lowest BCUT2D eigenvalue weighted by atomic mass is 10.2. The van der Waals surface area contributed by atoms with Gasteiger partial charge in [-0.15, -0.1) is 0 Å². The molecule has 0 saturated heterocycles. The standard InChI is InChI=1S/C12H11N/c1-3-10-9-13(4-2)12-8-6-5-7-11(10)12/h3-9H,1-2H2. The second kappa shape index (κ2) is 2.94. The van der Waals surface area contributed by atoms with Crippen LogP contribution in [0.5, 0.6) is 0 Å². The molecule has 0 aliphatic carbocycles. The molecule has 1 heterocycles. The Morgan fingerprint density at radius 3 is 2.62 bits per heavy atom. The number of rotatable bonds is 2. The Balaban J connectivity index is 2.89. The molecule has 0 saturated carbocycles. The second-order valence-electron chi connectivity index (χ2n) is 2.90. The van der Waals surface area contributed by atoms with E-state index < -0.39 is 0 Å². The molecule has 0 spiro atoms. The van der Waals surface area contributed by atoms with E-state index in [4.69, 9.17) is 0 Å². The van der Waals surface area contributed by atoms with Gasteiger partial charge in [0.25, 0.3) is 0 Å². The van der Waals surface area contributed by atoms with Crippen LogP contribution in [0.15, 0.2) is 43.6 Å². The quantitative estimate of drug-likeness (QED) is 0.649. The summed E-state index contributed by atoms with van der Waals surface area (Å²) in [5, 5.41) is 1.22. The van der Waals surface area contributed by atoms with Crippen molar-refractivity contribution in [3.8, 4) is 0 Å². The van der Waals surface area contributed by atoms with Gasteiger partial charge in [0.2, 0.25) is 0 Å². The minimum atomic E-state index is 1.15. The average Bonchev–Trinajstić information content (AvgIpc) is 2.56. The third kappa shape index (κ3) is 1.09. The fraction of sp³-hybridized carbons (Fsp3) is 0. The Kier molecular flexibility index (Phi) is 1.78. The van der Waals surface area contributed by atoms with Crippen LogP contribution in [0.2, 0.25) is 0 Å². The van der Waals surface area contributed by atoms with Gasteiger partial charge in [0.15, 0.2) is 0 Å². The summed E-state index contributed by atoms with van der Waals surface area (Å²) in [5.41, 5.74) is 2.32. The predicted molar refractivity (Wildman–Crippen MR) is 58.4 cm³/mol. The Bertz CT molecular complexity index is 421. The SMILES string of the molecule is C=Cc1cn(C=C)c2ccccc12. The molecule has 2 rings (SSSR count). The maximum absolute atomic E-state index is 3.78. The number of fused-ring (bicyclic) bond motifs is 1. The molecule has 0 bridgehead atoms. The molecule has 0 radical (unpaired) electrons. The van der Waals surface area contributed by atoms with Crippen LogP contribution in [0.1, 0.15) is 5.56 Å². The first-order valence-electron chi connectivity index (χ1n) is 4.21. The maximum atomic E-state index is 3.78. The minimum Gasteiger partial charge on any atom is -0.323 e. The summed E-state index contributed by atoms with van der Waals surface area (Å²) in [5.74, 6) is 0. The number of benzene rings is 1. The van der Waals surface area contributed by atoms with Crippen LogP contribution in [0.3, 0.4) is 0 Å². The van der Waals surface area contributed by atoms with E-state index >= 15 is 0 Å². The predicted octanol–water partition coefficient (Wildman–Crippen LogP) is 3.38. The summed E-state index contributed by atoms with van der Waals surface area (Å²) < 4.78 is 2.01. The maximum Gasteiger partial charge on any atom is 0.0528 e. The van der Waals surface area contributed by atoms with Crippen LogP contribution >= 0.6 is 0 Å². The van der Waals surface area contributed by atoms with Crippen LogP contribution in [0, 0.1) is 0 Å². The third-order valence-corrected chi connectivity index (χ3v) is 2.19. The van der Waals surface area contributed by atoms with Crippen molar-refractivity contribution >= 4 is 23.2 Å². The molecule has 0 amide bonds. The summed E-state index contributed by atoms with van der Waals surface area (Å²) in [6, 6.07) is 8.22. The van der Waals surface area contributed by atoms with Crippen LogP contribution in [0.25, 0.3) is 23.2 Å². The highest BCUT2D eigenvalue weighted by molar-refractivity contribution is 5.90. The van der Waals surface area contributed by atoms with Crippen molar-refractivity contribution in [3.05, 3.63) is 49.2 Å². The second-order valence-corrected chi connectivity index (χ2v) is 2.90. The smallest absolute Gasteiger partial charge is 0.0528 e. The normalized spacial score (nSPS) is 10.2. The highest BCUT2D eigenvalue weighted by Gasteiger charge is 2.01. The number of nitrogens with zero attached hydrogens (tertiary/aromatic N) is 1. The number of para-hydroxylation sites is 1. The van der Waals surface area contributed by atoms with Crippen LogP contribution in [-0.4, -0.2) is 4.57 Å². The molecule has 1 heteroatoms. The van der Waals surface area contributed by atoms with Gasteiger partial charge >= 0.3 is 0 Å². The lowest BCUT2D eigenvalue weighted by Gasteiger charge is -1.94. The fourth-order valence-corrected chi connectivity index (χ4v) is 1.55. The van der Waals surface area contributed by atoms with Crippen molar-refractivity contribution in [3.63, 3.8) is 0 Å². The van der Waals surface area contributed by atoms with Gasteiger partial charge in [-0.1, -0.05) is 37.4 Å². The molecule has 0 unspecified atom stereocenters. The van der Waals surface area contributed by atoms with E-state index in [0.29, 0.717) is 0 Å². The Labute approximate surface area is 77.6 Å². The summed E-state index contributed by atoms with van der Waals surface area (Å²) in [7, 11) is 0. The van der Waals surface area contributed by atoms with Crippen molar-refractivity contribution < 1.29 is 0 Å². The van der Waals surface area contributed by atoms with Gasteiger partial charge in [-0.3, -0.25) is 0 Å². The van der Waals surface area contributed by atoms with Crippen LogP contribution < -0.4 is 0 Å². The molecule has 2 aromatic rings.